The summed E-state index contributed by atoms with van der Waals surface area (Å²) in [4.78, 5) is 17.2. The number of nitrogens with zero attached hydrogens (tertiary/aromatic N) is 3. The van der Waals surface area contributed by atoms with E-state index < -0.39 is 0 Å². The van der Waals surface area contributed by atoms with E-state index in [1.807, 2.05) is 37.4 Å². The van der Waals surface area contributed by atoms with Gasteiger partial charge in [-0.1, -0.05) is 37.1 Å². The molecule has 1 unspecified atom stereocenters. The van der Waals surface area contributed by atoms with Crippen LogP contribution in [0.15, 0.2) is 41.3 Å². The molecule has 2 aromatic heterocycles. The molecule has 0 aliphatic carbocycles. The number of aryl methyl sites for hydroxylation is 1. The lowest BCUT2D eigenvalue weighted by molar-refractivity contribution is 0.203. The van der Waals surface area contributed by atoms with Crippen molar-refractivity contribution in [1.29, 1.82) is 0 Å². The molecule has 5 nitrogen and oxygen atoms in total. The average molecular weight is 392 g/mol. The van der Waals surface area contributed by atoms with E-state index in [0.717, 1.165) is 29.8 Å². The van der Waals surface area contributed by atoms with E-state index >= 15 is 0 Å². The number of halogens is 1. The predicted molar refractivity (Wildman–Crippen MR) is 108 cm³/mol. The van der Waals surface area contributed by atoms with Gasteiger partial charge in [-0.15, -0.1) is 0 Å². The Bertz CT molecular complexity index is 944. The molecule has 0 aliphatic heterocycles. The Hall–Kier alpha value is -1.76. The second kappa shape index (κ2) is 8.29. The van der Waals surface area contributed by atoms with Crippen LogP contribution in [0, 0.1) is 6.92 Å². The first-order chi connectivity index (χ1) is 12.5. The van der Waals surface area contributed by atoms with Gasteiger partial charge in [0.2, 0.25) is 5.78 Å². The fourth-order valence-corrected chi connectivity index (χ4v) is 3.58. The number of aromatic nitrogens is 3. The smallest absolute Gasteiger partial charge is 0.259 e. The molecule has 138 valence electrons. The van der Waals surface area contributed by atoms with Gasteiger partial charge in [-0.05, 0) is 37.5 Å². The molecule has 0 spiro atoms. The molecule has 0 bridgehead atoms. The zero-order chi connectivity index (χ0) is 18.7. The molecule has 3 aromatic rings. The largest absolute Gasteiger partial charge is 0.313 e. The molecule has 2 heterocycles. The van der Waals surface area contributed by atoms with Gasteiger partial charge in [0.05, 0.1) is 18.3 Å². The predicted octanol–water partition coefficient (Wildman–Crippen LogP) is 4.59. The summed E-state index contributed by atoms with van der Waals surface area (Å²) in [5, 5.41) is 0.671. The zero-order valence-electron chi connectivity index (χ0n) is 15.1. The van der Waals surface area contributed by atoms with E-state index in [1.54, 1.807) is 16.7 Å². The first-order valence-electron chi connectivity index (χ1n) is 8.58. The molecule has 0 amide bonds. The maximum atomic E-state index is 12.4. The number of fused-ring (bicyclic) bond motifs is 1. The maximum Gasteiger partial charge on any atom is 0.259 e. The molecular weight excluding hydrogens is 370 g/mol. The summed E-state index contributed by atoms with van der Waals surface area (Å²) in [5.41, 5.74) is 2.46. The van der Waals surface area contributed by atoms with Crippen LogP contribution >= 0.6 is 23.6 Å². The molecule has 3 rings (SSSR count). The SMILES string of the molecule is CCCC(Cn1c(C)cc(=O)n2cc(-c3ccc(Cl)cc3)nc12)OSC. The van der Waals surface area contributed by atoms with Crippen molar-refractivity contribution in [3.05, 3.63) is 57.6 Å². The van der Waals surface area contributed by atoms with Gasteiger partial charge in [0.25, 0.3) is 5.56 Å². The minimum Gasteiger partial charge on any atom is -0.313 e. The van der Waals surface area contributed by atoms with Crippen molar-refractivity contribution in [1.82, 2.24) is 14.0 Å². The lowest BCUT2D eigenvalue weighted by Gasteiger charge is -2.19. The number of hydrogen-bond donors (Lipinski definition) is 0. The second-order valence-corrected chi connectivity index (χ2v) is 7.17. The first-order valence-corrected chi connectivity index (χ1v) is 10.1. The quantitative estimate of drug-likeness (QED) is 0.553. The molecular formula is C19H22ClN3O2S. The van der Waals surface area contributed by atoms with Crippen LogP contribution in [-0.4, -0.2) is 26.3 Å². The normalized spacial score (nSPS) is 12.6. The van der Waals surface area contributed by atoms with Gasteiger partial charge in [-0.3, -0.25) is 9.20 Å². The Morgan fingerprint density at radius 1 is 1.31 bits per heavy atom. The maximum absolute atomic E-state index is 12.4. The van der Waals surface area contributed by atoms with Gasteiger partial charge in [-0.25, -0.2) is 4.98 Å². The fraction of sp³-hybridized carbons (Fsp3) is 0.368. The van der Waals surface area contributed by atoms with Crippen molar-refractivity contribution >= 4 is 29.4 Å². The highest BCUT2D eigenvalue weighted by Crippen LogP contribution is 2.22. The first kappa shape index (κ1) is 19.0. The van der Waals surface area contributed by atoms with E-state index in [-0.39, 0.29) is 11.7 Å². The number of rotatable bonds is 7. The van der Waals surface area contributed by atoms with Gasteiger partial charge in [0, 0.05) is 34.8 Å². The topological polar surface area (TPSA) is 48.5 Å². The summed E-state index contributed by atoms with van der Waals surface area (Å²) in [5.74, 6) is 0.630. The van der Waals surface area contributed by atoms with Crippen LogP contribution in [0.4, 0.5) is 0 Å². The molecule has 0 radical (unpaired) electrons. The van der Waals surface area contributed by atoms with Crippen LogP contribution in [-0.2, 0) is 10.7 Å². The van der Waals surface area contributed by atoms with E-state index in [2.05, 4.69) is 11.5 Å². The van der Waals surface area contributed by atoms with Crippen LogP contribution < -0.4 is 5.56 Å². The third kappa shape index (κ3) is 3.98. The van der Waals surface area contributed by atoms with Crippen LogP contribution in [0.3, 0.4) is 0 Å². The van der Waals surface area contributed by atoms with Crippen molar-refractivity contribution < 1.29 is 4.18 Å². The summed E-state index contributed by atoms with van der Waals surface area (Å²) in [7, 11) is 0. The highest BCUT2D eigenvalue weighted by Gasteiger charge is 2.16. The van der Waals surface area contributed by atoms with Crippen LogP contribution in [0.1, 0.15) is 25.5 Å². The second-order valence-electron chi connectivity index (χ2n) is 6.21. The molecule has 0 N–H and O–H groups in total. The van der Waals surface area contributed by atoms with E-state index in [1.165, 1.54) is 12.0 Å². The summed E-state index contributed by atoms with van der Waals surface area (Å²) < 4.78 is 9.44. The molecule has 7 heteroatoms. The van der Waals surface area contributed by atoms with Crippen molar-refractivity contribution in [2.45, 2.75) is 39.3 Å². The third-order valence-corrected chi connectivity index (χ3v) is 5.01. The summed E-state index contributed by atoms with van der Waals surface area (Å²) in [6.07, 6.45) is 5.75. The Morgan fingerprint density at radius 2 is 2.04 bits per heavy atom. The van der Waals surface area contributed by atoms with Crippen LogP contribution in [0.5, 0.6) is 0 Å². The Balaban J connectivity index is 2.08. The average Bonchev–Trinajstić information content (AvgIpc) is 3.05. The monoisotopic (exact) mass is 391 g/mol. The van der Waals surface area contributed by atoms with Crippen molar-refractivity contribution in [2.24, 2.45) is 0 Å². The summed E-state index contributed by atoms with van der Waals surface area (Å²) in [6.45, 7) is 4.72. The van der Waals surface area contributed by atoms with Gasteiger partial charge >= 0.3 is 0 Å². The number of imidazole rings is 1. The van der Waals surface area contributed by atoms with E-state index in [4.69, 9.17) is 20.8 Å². The zero-order valence-corrected chi connectivity index (χ0v) is 16.7. The molecule has 1 atom stereocenters. The minimum atomic E-state index is -0.0840. The molecule has 0 aliphatic rings. The Morgan fingerprint density at radius 3 is 2.69 bits per heavy atom. The highest BCUT2D eigenvalue weighted by atomic mass is 35.5. The van der Waals surface area contributed by atoms with Crippen LogP contribution in [0.2, 0.25) is 5.02 Å². The van der Waals surface area contributed by atoms with Gasteiger partial charge < -0.3 is 8.75 Å². The van der Waals surface area contributed by atoms with Gasteiger partial charge in [0.1, 0.15) is 0 Å². The lowest BCUT2D eigenvalue weighted by Crippen LogP contribution is -2.24. The number of hydrogen-bond acceptors (Lipinski definition) is 4. The molecule has 0 saturated carbocycles. The lowest BCUT2D eigenvalue weighted by atomic mass is 10.2. The summed E-state index contributed by atoms with van der Waals surface area (Å²) in [6, 6.07) is 9.09. The molecule has 0 fully saturated rings. The van der Waals surface area contributed by atoms with Crippen molar-refractivity contribution in [3.8, 4) is 11.3 Å². The highest BCUT2D eigenvalue weighted by molar-refractivity contribution is 7.93. The third-order valence-electron chi connectivity index (χ3n) is 4.29. The van der Waals surface area contributed by atoms with E-state index in [0.29, 0.717) is 17.3 Å². The Labute approximate surface area is 162 Å². The summed E-state index contributed by atoms with van der Waals surface area (Å²) >= 11 is 7.34. The van der Waals surface area contributed by atoms with Gasteiger partial charge in [0.15, 0.2) is 0 Å². The van der Waals surface area contributed by atoms with Gasteiger partial charge in [-0.2, -0.15) is 0 Å². The van der Waals surface area contributed by atoms with Crippen molar-refractivity contribution in [2.75, 3.05) is 6.26 Å². The Kier molecular flexibility index (Phi) is 6.06. The number of benzene rings is 1. The standard InChI is InChI=1S/C19H22ClN3O2S/c1-4-5-16(25-26-3)11-22-13(2)10-18(24)23-12-17(21-19(22)23)14-6-8-15(20)9-7-14/h6-10,12,16H,4-5,11H2,1-3H3. The minimum absolute atomic E-state index is 0.0654. The molecule has 1 aromatic carbocycles. The van der Waals surface area contributed by atoms with Crippen molar-refractivity contribution in [3.63, 3.8) is 0 Å². The fourth-order valence-electron chi connectivity index (χ4n) is 3.02. The molecule has 0 saturated heterocycles. The van der Waals surface area contributed by atoms with E-state index in [9.17, 15) is 4.79 Å². The van der Waals surface area contributed by atoms with Crippen LogP contribution in [0.25, 0.3) is 17.0 Å². The molecule has 26 heavy (non-hydrogen) atoms.